The topological polar surface area (TPSA) is 109 Å². The van der Waals surface area contributed by atoms with E-state index in [4.69, 9.17) is 29.7 Å². The van der Waals surface area contributed by atoms with E-state index in [1.807, 2.05) is 0 Å². The molecule has 0 radical (unpaired) electrons. The first-order valence-corrected chi connectivity index (χ1v) is 11.7. The van der Waals surface area contributed by atoms with Crippen molar-refractivity contribution in [1.82, 2.24) is 5.09 Å². The van der Waals surface area contributed by atoms with Crippen LogP contribution in [0.1, 0.15) is 34.6 Å². The Bertz CT molecular complexity index is 821. The van der Waals surface area contributed by atoms with E-state index >= 15 is 0 Å². The molecule has 10 heteroatoms. The molecule has 0 aliphatic rings. The molecule has 9 nitrogen and oxygen atoms in total. The molecule has 32 heavy (non-hydrogen) atoms. The summed E-state index contributed by atoms with van der Waals surface area (Å²) in [5.74, 6) is 1.05. The Balaban J connectivity index is 3.00. The largest absolute Gasteiger partial charge is 0.462 e. The smallest absolute Gasteiger partial charge is 0.459 e. The van der Waals surface area contributed by atoms with Crippen molar-refractivity contribution in [2.75, 3.05) is 13.7 Å². The lowest BCUT2D eigenvalue weighted by molar-refractivity contribution is -0.156. The summed E-state index contributed by atoms with van der Waals surface area (Å²) in [5, 5.41) is 2.56. The minimum Gasteiger partial charge on any atom is -0.462 e. The normalized spacial score (nSPS) is 15.8. The highest BCUT2D eigenvalue weighted by molar-refractivity contribution is 7.52. The minimum atomic E-state index is -4.11. The first-order chi connectivity index (χ1) is 15.0. The van der Waals surface area contributed by atoms with Crippen molar-refractivity contribution in [3.63, 3.8) is 0 Å². The zero-order chi connectivity index (χ0) is 24.3. The molecule has 0 saturated carbocycles. The highest BCUT2D eigenvalue weighted by atomic mass is 31.2. The number of carbonyl (C=O) groups excluding carboxylic acids is 2. The van der Waals surface area contributed by atoms with Crippen molar-refractivity contribution in [1.29, 1.82) is 0 Å². The predicted molar refractivity (Wildman–Crippen MR) is 119 cm³/mol. The third-order valence-electron chi connectivity index (χ3n) is 3.95. The third-order valence-corrected chi connectivity index (χ3v) is 5.60. The Morgan fingerprint density at radius 3 is 2.19 bits per heavy atom. The number of terminal acetylenes is 1. The molecule has 178 valence electrons. The summed E-state index contributed by atoms with van der Waals surface area (Å²) in [7, 11) is -2.76. The van der Waals surface area contributed by atoms with Crippen LogP contribution < -0.4 is 9.61 Å². The fourth-order valence-electron chi connectivity index (χ4n) is 2.26. The van der Waals surface area contributed by atoms with Crippen molar-refractivity contribution in [2.45, 2.75) is 59.0 Å². The number of esters is 2. The zero-order valence-electron chi connectivity index (χ0n) is 19.3. The molecule has 1 aromatic carbocycles. The molecule has 0 fully saturated rings. The summed E-state index contributed by atoms with van der Waals surface area (Å²) in [6.45, 7) is 7.85. The van der Waals surface area contributed by atoms with E-state index in [0.717, 1.165) is 0 Å². The van der Waals surface area contributed by atoms with Gasteiger partial charge in [0.1, 0.15) is 17.9 Å². The summed E-state index contributed by atoms with van der Waals surface area (Å²) < 4.78 is 40.2. The van der Waals surface area contributed by atoms with Crippen LogP contribution in [0, 0.1) is 18.3 Å². The number of ether oxygens (including phenoxy) is 3. The monoisotopic (exact) mass is 469 g/mol. The van der Waals surface area contributed by atoms with E-state index < -0.39 is 43.9 Å². The van der Waals surface area contributed by atoms with Gasteiger partial charge < -0.3 is 18.7 Å². The summed E-state index contributed by atoms with van der Waals surface area (Å²) >= 11 is 0. The number of para-hydroxylation sites is 1. The molecule has 0 spiro atoms. The van der Waals surface area contributed by atoms with Crippen LogP contribution in [0.25, 0.3) is 0 Å². The van der Waals surface area contributed by atoms with Crippen molar-refractivity contribution in [2.24, 2.45) is 5.92 Å². The molecule has 1 rings (SSSR count). The minimum absolute atomic E-state index is 0.251. The van der Waals surface area contributed by atoms with Gasteiger partial charge in [-0.25, -0.2) is 4.57 Å². The highest BCUT2D eigenvalue weighted by Crippen LogP contribution is 2.45. The molecule has 1 N–H and O–H groups in total. The summed E-state index contributed by atoms with van der Waals surface area (Å²) in [6.07, 6.45) is 3.12. The van der Waals surface area contributed by atoms with Gasteiger partial charge in [-0.2, -0.15) is 5.09 Å². The summed E-state index contributed by atoms with van der Waals surface area (Å²) in [6, 6.07) is 7.29. The van der Waals surface area contributed by atoms with E-state index in [0.29, 0.717) is 0 Å². The van der Waals surface area contributed by atoms with Gasteiger partial charge in [-0.3, -0.25) is 14.1 Å². The van der Waals surface area contributed by atoms with Crippen LogP contribution >= 0.6 is 7.75 Å². The number of nitrogens with one attached hydrogen (secondary N) is 1. The molecule has 1 unspecified atom stereocenters. The van der Waals surface area contributed by atoms with Crippen LogP contribution in [0.15, 0.2) is 30.3 Å². The van der Waals surface area contributed by atoms with Crippen LogP contribution in [0.4, 0.5) is 0 Å². The SMILES string of the molecule is C#C[C@H](OC(=O)C(C)C)[C@@H](COP(=O)(N[C@@H](C)C(=O)OC(C)C)Oc1ccccc1)OC. The molecule has 0 bridgehead atoms. The molecular weight excluding hydrogens is 437 g/mol. The van der Waals surface area contributed by atoms with E-state index in [9.17, 15) is 14.2 Å². The van der Waals surface area contributed by atoms with Crippen LogP contribution in [-0.2, 0) is 32.9 Å². The first-order valence-electron chi connectivity index (χ1n) is 10.2. The second-order valence-electron chi connectivity index (χ2n) is 7.49. The number of hydrogen-bond donors (Lipinski definition) is 1. The van der Waals surface area contributed by atoms with E-state index in [1.165, 1.54) is 14.0 Å². The van der Waals surface area contributed by atoms with Gasteiger partial charge in [-0.15, -0.1) is 6.42 Å². The first kappa shape index (κ1) is 27.7. The second-order valence-corrected chi connectivity index (χ2v) is 9.18. The number of carbonyl (C=O) groups is 2. The molecule has 1 aromatic rings. The molecule has 0 aromatic heterocycles. The highest BCUT2D eigenvalue weighted by Gasteiger charge is 2.35. The molecule has 0 aliphatic carbocycles. The van der Waals surface area contributed by atoms with Gasteiger partial charge in [0.15, 0.2) is 6.10 Å². The Hall–Kier alpha value is -2.37. The lowest BCUT2D eigenvalue weighted by Gasteiger charge is -2.27. The van der Waals surface area contributed by atoms with Gasteiger partial charge >= 0.3 is 19.7 Å². The molecular formula is C22H32NO8P. The van der Waals surface area contributed by atoms with Crippen molar-refractivity contribution in [3.05, 3.63) is 30.3 Å². The fourth-order valence-corrected chi connectivity index (χ4v) is 3.77. The average Bonchev–Trinajstić information content (AvgIpc) is 2.72. The van der Waals surface area contributed by atoms with Crippen molar-refractivity contribution >= 4 is 19.7 Å². The summed E-state index contributed by atoms with van der Waals surface area (Å²) in [5.41, 5.74) is 0. The zero-order valence-corrected chi connectivity index (χ0v) is 20.2. The van der Waals surface area contributed by atoms with Crippen LogP contribution in [0.2, 0.25) is 0 Å². The Morgan fingerprint density at radius 2 is 1.69 bits per heavy atom. The molecule has 0 amide bonds. The number of methoxy groups -OCH3 is 1. The lowest BCUT2D eigenvalue weighted by Crippen LogP contribution is -2.39. The van der Waals surface area contributed by atoms with Gasteiger partial charge in [0, 0.05) is 7.11 Å². The second kappa shape index (κ2) is 13.2. The molecule has 0 saturated heterocycles. The quantitative estimate of drug-likeness (QED) is 0.264. The van der Waals surface area contributed by atoms with Crippen LogP contribution in [0.3, 0.4) is 0 Å². The molecule has 0 aliphatic heterocycles. The van der Waals surface area contributed by atoms with Gasteiger partial charge in [0.25, 0.3) is 0 Å². The maximum absolute atomic E-state index is 13.5. The fraction of sp³-hybridized carbons (Fsp3) is 0.545. The van der Waals surface area contributed by atoms with Crippen molar-refractivity contribution in [3.8, 4) is 18.1 Å². The predicted octanol–water partition coefficient (Wildman–Crippen LogP) is 3.34. The lowest BCUT2D eigenvalue weighted by atomic mass is 10.2. The van der Waals surface area contributed by atoms with Crippen molar-refractivity contribution < 1.29 is 37.4 Å². The van der Waals surface area contributed by atoms with Gasteiger partial charge in [0.05, 0.1) is 18.6 Å². The van der Waals surface area contributed by atoms with E-state index in [-0.39, 0.29) is 18.5 Å². The van der Waals surface area contributed by atoms with E-state index in [1.54, 1.807) is 58.0 Å². The standard InChI is InChI=1S/C22H32NO8P/c1-8-19(30-21(24)15(2)3)20(27-7)14-28-32(26,31-18-12-10-9-11-13-18)23-17(6)22(25)29-16(4)5/h1,9-13,15-17,19-20H,14H2,2-7H3,(H,23,26)/t17-,19-,20+,32?/m0/s1. The Morgan fingerprint density at radius 1 is 1.06 bits per heavy atom. The molecule has 0 heterocycles. The maximum Gasteiger partial charge on any atom is 0.459 e. The number of rotatable bonds is 13. The summed E-state index contributed by atoms with van der Waals surface area (Å²) in [4.78, 5) is 24.1. The van der Waals surface area contributed by atoms with Gasteiger partial charge in [-0.05, 0) is 32.9 Å². The number of benzene rings is 1. The number of hydrogen-bond acceptors (Lipinski definition) is 8. The average molecular weight is 469 g/mol. The van der Waals surface area contributed by atoms with Gasteiger partial charge in [0.2, 0.25) is 0 Å². The molecule has 4 atom stereocenters. The maximum atomic E-state index is 13.5. The van der Waals surface area contributed by atoms with Crippen LogP contribution in [-0.4, -0.2) is 50.0 Å². The van der Waals surface area contributed by atoms with E-state index in [2.05, 4.69) is 11.0 Å². The van der Waals surface area contributed by atoms with Gasteiger partial charge in [-0.1, -0.05) is 38.0 Å². The Kier molecular flexibility index (Phi) is 11.4. The third kappa shape index (κ3) is 9.41. The van der Waals surface area contributed by atoms with Crippen LogP contribution in [0.5, 0.6) is 5.75 Å². The Labute approximate surface area is 189 Å².